The van der Waals surface area contributed by atoms with Crippen LogP contribution in [0.1, 0.15) is 34.8 Å². The maximum absolute atomic E-state index is 11.4. The number of methoxy groups -OCH3 is 1. The Morgan fingerprint density at radius 2 is 2.05 bits per heavy atom. The molecule has 0 aliphatic rings. The van der Waals surface area contributed by atoms with Gasteiger partial charge in [-0.1, -0.05) is 12.1 Å². The van der Waals surface area contributed by atoms with Gasteiger partial charge >= 0.3 is 5.97 Å². The molecule has 1 aromatic carbocycles. The van der Waals surface area contributed by atoms with E-state index in [2.05, 4.69) is 10.8 Å². The standard InChI is InChI=1S/C16H16N2O3/c1-11(14-8-9-15(21-14)16(19)20-3)18(2)13-7-5-4-6-12(13)10-17/h4-9,11H,1-3H3. The Balaban J connectivity index is 2.27. The van der Waals surface area contributed by atoms with Crippen LogP contribution in [0, 0.1) is 11.3 Å². The molecule has 0 spiro atoms. The van der Waals surface area contributed by atoms with Crippen LogP contribution in [-0.4, -0.2) is 20.1 Å². The van der Waals surface area contributed by atoms with Crippen LogP contribution in [0.15, 0.2) is 40.8 Å². The predicted molar refractivity (Wildman–Crippen MR) is 78.0 cm³/mol. The van der Waals surface area contributed by atoms with E-state index in [-0.39, 0.29) is 11.8 Å². The number of nitrogens with zero attached hydrogens (tertiary/aromatic N) is 2. The van der Waals surface area contributed by atoms with Crippen LogP contribution in [0.2, 0.25) is 0 Å². The van der Waals surface area contributed by atoms with Crippen LogP contribution >= 0.6 is 0 Å². The molecule has 1 unspecified atom stereocenters. The first-order valence-electron chi connectivity index (χ1n) is 6.48. The van der Waals surface area contributed by atoms with E-state index in [0.29, 0.717) is 11.3 Å². The minimum Gasteiger partial charge on any atom is -0.463 e. The molecule has 108 valence electrons. The molecule has 0 radical (unpaired) electrons. The second-order valence-electron chi connectivity index (χ2n) is 4.61. The molecule has 1 aromatic heterocycles. The highest BCUT2D eigenvalue weighted by atomic mass is 16.5. The number of furan rings is 1. The largest absolute Gasteiger partial charge is 0.463 e. The summed E-state index contributed by atoms with van der Waals surface area (Å²) in [7, 11) is 3.18. The van der Waals surface area contributed by atoms with Gasteiger partial charge in [0, 0.05) is 7.05 Å². The van der Waals surface area contributed by atoms with Crippen molar-refractivity contribution in [1.29, 1.82) is 5.26 Å². The summed E-state index contributed by atoms with van der Waals surface area (Å²) in [6.07, 6.45) is 0. The zero-order valence-corrected chi connectivity index (χ0v) is 12.2. The maximum Gasteiger partial charge on any atom is 0.373 e. The lowest BCUT2D eigenvalue weighted by Crippen LogP contribution is -2.22. The minimum atomic E-state index is -0.506. The molecule has 5 heteroatoms. The van der Waals surface area contributed by atoms with E-state index in [9.17, 15) is 4.79 Å². The molecule has 2 aromatic rings. The second kappa shape index (κ2) is 6.14. The van der Waals surface area contributed by atoms with Gasteiger partial charge in [0.2, 0.25) is 5.76 Å². The Morgan fingerprint density at radius 1 is 1.33 bits per heavy atom. The molecule has 5 nitrogen and oxygen atoms in total. The smallest absolute Gasteiger partial charge is 0.373 e. The number of para-hydroxylation sites is 1. The first-order valence-corrected chi connectivity index (χ1v) is 6.48. The van der Waals surface area contributed by atoms with Crippen LogP contribution in [0.25, 0.3) is 0 Å². The number of rotatable bonds is 4. The molecule has 1 heterocycles. The highest BCUT2D eigenvalue weighted by Crippen LogP contribution is 2.28. The van der Waals surface area contributed by atoms with Crippen LogP contribution in [0.3, 0.4) is 0 Å². The first-order chi connectivity index (χ1) is 10.1. The van der Waals surface area contributed by atoms with Gasteiger partial charge in [-0.05, 0) is 31.2 Å². The molecule has 0 saturated carbocycles. The first kappa shape index (κ1) is 14.7. The number of nitriles is 1. The molecule has 0 amide bonds. The molecule has 0 fully saturated rings. The quantitative estimate of drug-likeness (QED) is 0.807. The Labute approximate surface area is 123 Å². The molecule has 2 rings (SSSR count). The minimum absolute atomic E-state index is 0.127. The molecule has 0 aliphatic heterocycles. The van der Waals surface area contributed by atoms with E-state index >= 15 is 0 Å². The fourth-order valence-electron chi connectivity index (χ4n) is 2.06. The van der Waals surface area contributed by atoms with Crippen molar-refractivity contribution < 1.29 is 13.9 Å². The van der Waals surface area contributed by atoms with E-state index in [1.807, 2.05) is 37.1 Å². The number of anilines is 1. The second-order valence-corrected chi connectivity index (χ2v) is 4.61. The Kier molecular flexibility index (Phi) is 4.29. The lowest BCUT2D eigenvalue weighted by atomic mass is 10.1. The van der Waals surface area contributed by atoms with Crippen LogP contribution in [0.5, 0.6) is 0 Å². The Hall–Kier alpha value is -2.74. The molecule has 0 saturated heterocycles. The van der Waals surface area contributed by atoms with Gasteiger partial charge < -0.3 is 14.1 Å². The maximum atomic E-state index is 11.4. The predicted octanol–water partition coefficient (Wildman–Crippen LogP) is 3.14. The van der Waals surface area contributed by atoms with Crippen molar-refractivity contribution in [2.75, 3.05) is 19.1 Å². The lowest BCUT2D eigenvalue weighted by molar-refractivity contribution is 0.0562. The van der Waals surface area contributed by atoms with Gasteiger partial charge in [0.1, 0.15) is 11.8 Å². The van der Waals surface area contributed by atoms with E-state index in [4.69, 9.17) is 9.68 Å². The SMILES string of the molecule is COC(=O)c1ccc(C(C)N(C)c2ccccc2C#N)o1. The average molecular weight is 284 g/mol. The summed E-state index contributed by atoms with van der Waals surface area (Å²) in [6.45, 7) is 1.94. The van der Waals surface area contributed by atoms with Crippen molar-refractivity contribution in [2.45, 2.75) is 13.0 Å². The summed E-state index contributed by atoms with van der Waals surface area (Å²) in [5, 5.41) is 9.17. The highest BCUT2D eigenvalue weighted by molar-refractivity contribution is 5.86. The number of hydrogen-bond donors (Lipinski definition) is 0. The van der Waals surface area contributed by atoms with Crippen molar-refractivity contribution in [3.8, 4) is 6.07 Å². The normalized spacial score (nSPS) is 11.5. The summed E-state index contributed by atoms with van der Waals surface area (Å²) < 4.78 is 10.1. The summed E-state index contributed by atoms with van der Waals surface area (Å²) in [4.78, 5) is 13.3. The van der Waals surface area contributed by atoms with Crippen LogP contribution in [-0.2, 0) is 4.74 Å². The Bertz CT molecular complexity index is 685. The van der Waals surface area contributed by atoms with Gasteiger partial charge in [-0.15, -0.1) is 0 Å². The Morgan fingerprint density at radius 3 is 2.71 bits per heavy atom. The number of hydrogen-bond acceptors (Lipinski definition) is 5. The van der Waals surface area contributed by atoms with Gasteiger partial charge in [0.25, 0.3) is 0 Å². The van der Waals surface area contributed by atoms with Gasteiger partial charge in [0.05, 0.1) is 24.4 Å². The lowest BCUT2D eigenvalue weighted by Gasteiger charge is -2.26. The molecular formula is C16H16N2O3. The van der Waals surface area contributed by atoms with Gasteiger partial charge in [0.15, 0.2) is 0 Å². The van der Waals surface area contributed by atoms with Gasteiger partial charge in [-0.2, -0.15) is 5.26 Å². The third kappa shape index (κ3) is 2.90. The van der Waals surface area contributed by atoms with Crippen molar-refractivity contribution in [3.05, 3.63) is 53.5 Å². The highest BCUT2D eigenvalue weighted by Gasteiger charge is 2.20. The third-order valence-electron chi connectivity index (χ3n) is 3.41. The number of carbonyl (C=O) groups is 1. The van der Waals surface area contributed by atoms with E-state index in [0.717, 1.165) is 5.69 Å². The van der Waals surface area contributed by atoms with E-state index in [1.54, 1.807) is 18.2 Å². The fourth-order valence-corrected chi connectivity index (χ4v) is 2.06. The van der Waals surface area contributed by atoms with Crippen LogP contribution < -0.4 is 4.90 Å². The topological polar surface area (TPSA) is 66.5 Å². The van der Waals surface area contributed by atoms with Crippen molar-refractivity contribution in [2.24, 2.45) is 0 Å². The molecular weight excluding hydrogens is 268 g/mol. The van der Waals surface area contributed by atoms with Crippen molar-refractivity contribution in [1.82, 2.24) is 0 Å². The summed E-state index contributed by atoms with van der Waals surface area (Å²) in [6, 6.07) is 12.7. The number of benzene rings is 1. The monoisotopic (exact) mass is 284 g/mol. The van der Waals surface area contributed by atoms with E-state index < -0.39 is 5.97 Å². The van der Waals surface area contributed by atoms with Gasteiger partial charge in [-0.3, -0.25) is 0 Å². The molecule has 0 N–H and O–H groups in total. The van der Waals surface area contributed by atoms with Crippen molar-refractivity contribution >= 4 is 11.7 Å². The summed E-state index contributed by atoms with van der Waals surface area (Å²) in [5.74, 6) is 0.292. The number of carbonyl (C=O) groups excluding carboxylic acids is 1. The number of esters is 1. The zero-order chi connectivity index (χ0) is 15.4. The zero-order valence-electron chi connectivity index (χ0n) is 12.2. The summed E-state index contributed by atoms with van der Waals surface area (Å²) in [5.41, 5.74) is 1.40. The van der Waals surface area contributed by atoms with Gasteiger partial charge in [-0.25, -0.2) is 4.79 Å². The summed E-state index contributed by atoms with van der Waals surface area (Å²) >= 11 is 0. The molecule has 1 atom stereocenters. The third-order valence-corrected chi connectivity index (χ3v) is 3.41. The van der Waals surface area contributed by atoms with Crippen molar-refractivity contribution in [3.63, 3.8) is 0 Å². The van der Waals surface area contributed by atoms with E-state index in [1.165, 1.54) is 7.11 Å². The molecule has 21 heavy (non-hydrogen) atoms. The van der Waals surface area contributed by atoms with Crippen LogP contribution in [0.4, 0.5) is 5.69 Å². The average Bonchev–Trinajstić information content (AvgIpc) is 3.02. The fraction of sp³-hybridized carbons (Fsp3) is 0.250. The number of ether oxygens (including phenoxy) is 1. The molecule has 0 bridgehead atoms. The molecule has 0 aliphatic carbocycles.